The van der Waals surface area contributed by atoms with Crippen molar-refractivity contribution in [3.05, 3.63) is 42.6 Å². The number of nitrogens with zero attached hydrogens (tertiary/aromatic N) is 5. The largest absolute Gasteiger partial charge is 0.377 e. The van der Waals surface area contributed by atoms with Crippen molar-refractivity contribution in [2.75, 3.05) is 24.7 Å². The summed E-state index contributed by atoms with van der Waals surface area (Å²) in [6.45, 7) is 4.04. The second-order valence-corrected chi connectivity index (χ2v) is 6.75. The van der Waals surface area contributed by atoms with Crippen LogP contribution < -0.4 is 4.90 Å². The highest BCUT2D eigenvalue weighted by atomic mass is 19.1. The van der Waals surface area contributed by atoms with Gasteiger partial charge in [-0.1, -0.05) is 0 Å². The zero-order valence-electron chi connectivity index (χ0n) is 15.2. The normalized spacial score (nSPS) is 17.4. The quantitative estimate of drug-likeness (QED) is 0.532. The Labute approximate surface area is 159 Å². The van der Waals surface area contributed by atoms with Crippen LogP contribution in [0.5, 0.6) is 0 Å². The molecule has 1 aliphatic rings. The first-order valence-corrected chi connectivity index (χ1v) is 9.06. The number of fused-ring (bicyclic) bond motifs is 1. The molecular weight excluding hydrogens is 361 g/mol. The summed E-state index contributed by atoms with van der Waals surface area (Å²) in [5, 5.41) is 14.4. The van der Waals surface area contributed by atoms with E-state index in [1.165, 1.54) is 6.20 Å². The van der Waals surface area contributed by atoms with Gasteiger partial charge < -0.3 is 9.64 Å². The topological polar surface area (TPSA) is 95.6 Å². The molecule has 4 aromatic rings. The van der Waals surface area contributed by atoms with Gasteiger partial charge in [0.1, 0.15) is 22.5 Å². The van der Waals surface area contributed by atoms with Gasteiger partial charge in [0, 0.05) is 30.1 Å². The molecule has 1 atom stereocenters. The summed E-state index contributed by atoms with van der Waals surface area (Å²) in [4.78, 5) is 10.8. The van der Waals surface area contributed by atoms with Gasteiger partial charge in [0.05, 0.1) is 24.9 Å². The summed E-state index contributed by atoms with van der Waals surface area (Å²) in [7, 11) is 0. The number of hydrogen-bond donors (Lipinski definition) is 2. The monoisotopic (exact) mass is 379 g/mol. The number of H-pyrrole nitrogens is 2. The minimum atomic E-state index is -0.540. The smallest absolute Gasteiger partial charge is 0.220 e. The number of rotatable bonds is 3. The van der Waals surface area contributed by atoms with Gasteiger partial charge in [0.15, 0.2) is 0 Å². The molecule has 5 heterocycles. The number of pyridine rings is 2. The number of morpholine rings is 1. The molecule has 5 rings (SSSR count). The van der Waals surface area contributed by atoms with Crippen LogP contribution in [-0.4, -0.2) is 56.2 Å². The maximum atomic E-state index is 14.5. The summed E-state index contributed by atoms with van der Waals surface area (Å²) in [5.74, 6) is 0.214. The van der Waals surface area contributed by atoms with Crippen molar-refractivity contribution in [3.63, 3.8) is 0 Å². The first-order valence-electron chi connectivity index (χ1n) is 9.06. The van der Waals surface area contributed by atoms with Crippen molar-refractivity contribution in [3.8, 4) is 22.5 Å². The average molecular weight is 379 g/mol. The van der Waals surface area contributed by atoms with Crippen molar-refractivity contribution < 1.29 is 9.13 Å². The van der Waals surface area contributed by atoms with E-state index in [0.29, 0.717) is 47.6 Å². The highest BCUT2D eigenvalue weighted by molar-refractivity contribution is 5.99. The summed E-state index contributed by atoms with van der Waals surface area (Å²) in [5.41, 5.74) is 3.74. The molecule has 9 heteroatoms. The van der Waals surface area contributed by atoms with Gasteiger partial charge in [-0.25, -0.2) is 9.97 Å². The SMILES string of the molecule is C[C@@H]1COCCN1c1cc(-c2cccnc2F)c2n[nH]c(-c3ccn[nH]3)c2n1. The highest BCUT2D eigenvalue weighted by Gasteiger charge is 2.24. The molecule has 0 spiro atoms. The van der Waals surface area contributed by atoms with Crippen LogP contribution in [0.25, 0.3) is 33.5 Å². The van der Waals surface area contributed by atoms with Crippen LogP contribution in [0.3, 0.4) is 0 Å². The Morgan fingerprint density at radius 3 is 2.89 bits per heavy atom. The van der Waals surface area contributed by atoms with Crippen molar-refractivity contribution >= 4 is 16.9 Å². The van der Waals surface area contributed by atoms with E-state index < -0.39 is 5.95 Å². The number of aromatic amines is 2. The molecule has 0 radical (unpaired) electrons. The molecule has 0 aliphatic carbocycles. The Balaban J connectivity index is 1.77. The zero-order chi connectivity index (χ0) is 19.1. The summed E-state index contributed by atoms with van der Waals surface area (Å²) in [6.07, 6.45) is 3.10. The number of ether oxygens (including phenoxy) is 1. The lowest BCUT2D eigenvalue weighted by molar-refractivity contribution is 0.0986. The predicted octanol–water partition coefficient (Wildman–Crippen LogP) is 2.77. The Bertz CT molecular complexity index is 1120. The van der Waals surface area contributed by atoms with Gasteiger partial charge in [0.2, 0.25) is 5.95 Å². The maximum Gasteiger partial charge on any atom is 0.220 e. The van der Waals surface area contributed by atoms with Crippen LogP contribution in [0.1, 0.15) is 6.92 Å². The van der Waals surface area contributed by atoms with Crippen LogP contribution in [0.15, 0.2) is 36.7 Å². The summed E-state index contributed by atoms with van der Waals surface area (Å²) >= 11 is 0. The molecule has 0 amide bonds. The molecule has 0 bridgehead atoms. The van der Waals surface area contributed by atoms with Crippen molar-refractivity contribution in [1.82, 2.24) is 30.4 Å². The van der Waals surface area contributed by atoms with E-state index in [4.69, 9.17) is 9.72 Å². The molecule has 1 saturated heterocycles. The highest BCUT2D eigenvalue weighted by Crippen LogP contribution is 2.35. The molecule has 142 valence electrons. The van der Waals surface area contributed by atoms with E-state index in [1.807, 2.05) is 12.1 Å². The third-order valence-electron chi connectivity index (χ3n) is 4.98. The molecule has 1 fully saturated rings. The number of hydrogen-bond acceptors (Lipinski definition) is 6. The first-order chi connectivity index (χ1) is 13.7. The fraction of sp³-hybridized carbons (Fsp3) is 0.263. The molecule has 4 aromatic heterocycles. The average Bonchev–Trinajstić information content (AvgIpc) is 3.37. The van der Waals surface area contributed by atoms with E-state index in [1.54, 1.807) is 18.3 Å². The lowest BCUT2D eigenvalue weighted by Gasteiger charge is -2.34. The Morgan fingerprint density at radius 1 is 1.18 bits per heavy atom. The van der Waals surface area contributed by atoms with Crippen molar-refractivity contribution in [1.29, 1.82) is 0 Å². The second kappa shape index (κ2) is 6.68. The zero-order valence-corrected chi connectivity index (χ0v) is 15.2. The van der Waals surface area contributed by atoms with Gasteiger partial charge in [-0.05, 0) is 31.2 Å². The number of anilines is 1. The van der Waals surface area contributed by atoms with Crippen LogP contribution in [-0.2, 0) is 4.74 Å². The van der Waals surface area contributed by atoms with Crippen LogP contribution in [0, 0.1) is 5.95 Å². The van der Waals surface area contributed by atoms with Gasteiger partial charge in [-0.15, -0.1) is 0 Å². The van der Waals surface area contributed by atoms with Gasteiger partial charge >= 0.3 is 0 Å². The minimum absolute atomic E-state index is 0.160. The Morgan fingerprint density at radius 2 is 2.11 bits per heavy atom. The third kappa shape index (κ3) is 2.71. The van der Waals surface area contributed by atoms with Crippen LogP contribution in [0.2, 0.25) is 0 Å². The molecule has 0 aromatic carbocycles. The molecular formula is C19H18FN7O. The molecule has 0 saturated carbocycles. The lowest BCUT2D eigenvalue weighted by Crippen LogP contribution is -2.44. The fourth-order valence-electron chi connectivity index (χ4n) is 3.57. The Kier molecular flexibility index (Phi) is 4.01. The third-order valence-corrected chi connectivity index (χ3v) is 4.98. The van der Waals surface area contributed by atoms with Crippen molar-refractivity contribution in [2.24, 2.45) is 0 Å². The molecule has 28 heavy (non-hydrogen) atoms. The standard InChI is InChI=1S/C19H18FN7O/c1-11-10-28-8-7-27(11)15-9-13(12-3-2-5-21-19(12)20)16-18(23-15)17(26-25-16)14-4-6-22-24-14/h2-6,9,11H,7-8,10H2,1H3,(H,22,24)(H,25,26)/t11-/m1/s1. The number of aromatic nitrogens is 6. The minimum Gasteiger partial charge on any atom is -0.377 e. The lowest BCUT2D eigenvalue weighted by atomic mass is 10.1. The van der Waals surface area contributed by atoms with E-state index in [-0.39, 0.29) is 6.04 Å². The Hall–Kier alpha value is -3.33. The predicted molar refractivity (Wildman–Crippen MR) is 102 cm³/mol. The maximum absolute atomic E-state index is 14.5. The molecule has 0 unspecified atom stereocenters. The molecule has 1 aliphatic heterocycles. The number of nitrogens with one attached hydrogen (secondary N) is 2. The van der Waals surface area contributed by atoms with Crippen molar-refractivity contribution in [2.45, 2.75) is 13.0 Å². The van der Waals surface area contributed by atoms with E-state index in [9.17, 15) is 4.39 Å². The summed E-state index contributed by atoms with van der Waals surface area (Å²) in [6, 6.07) is 7.29. The van der Waals surface area contributed by atoms with E-state index >= 15 is 0 Å². The molecule has 8 nitrogen and oxygen atoms in total. The van der Waals surface area contributed by atoms with Crippen LogP contribution >= 0.6 is 0 Å². The fourth-order valence-corrected chi connectivity index (χ4v) is 3.57. The van der Waals surface area contributed by atoms with Gasteiger partial charge in [-0.2, -0.15) is 14.6 Å². The van der Waals surface area contributed by atoms with Gasteiger partial charge in [0.25, 0.3) is 0 Å². The first kappa shape index (κ1) is 16.8. The number of halogens is 1. The second-order valence-electron chi connectivity index (χ2n) is 6.75. The summed E-state index contributed by atoms with van der Waals surface area (Å²) < 4.78 is 20.1. The van der Waals surface area contributed by atoms with E-state index in [0.717, 1.165) is 11.5 Å². The molecule has 2 N–H and O–H groups in total. The van der Waals surface area contributed by atoms with Gasteiger partial charge in [-0.3, -0.25) is 10.2 Å². The van der Waals surface area contributed by atoms with E-state index in [2.05, 4.69) is 37.2 Å². The van der Waals surface area contributed by atoms with Crippen LogP contribution in [0.4, 0.5) is 10.2 Å².